The van der Waals surface area contributed by atoms with Gasteiger partial charge in [0.25, 0.3) is 0 Å². The van der Waals surface area contributed by atoms with Gasteiger partial charge in [0, 0.05) is 0 Å². The summed E-state index contributed by atoms with van der Waals surface area (Å²) in [6.07, 6.45) is -0.134. The summed E-state index contributed by atoms with van der Waals surface area (Å²) in [5.74, 6) is 0.503. The second-order valence-electron chi connectivity index (χ2n) is 4.03. The van der Waals surface area contributed by atoms with Crippen molar-refractivity contribution in [2.45, 2.75) is 26.9 Å². The maximum atomic E-state index is 11.2. The second kappa shape index (κ2) is 6.16. The van der Waals surface area contributed by atoms with Crippen LogP contribution in [0.3, 0.4) is 0 Å². The number of esters is 1. The molecule has 0 aromatic heterocycles. The molecular weight excluding hydrogens is 204 g/mol. The summed E-state index contributed by atoms with van der Waals surface area (Å²) >= 11 is 0. The van der Waals surface area contributed by atoms with Gasteiger partial charge in [-0.2, -0.15) is 0 Å². The smallest absolute Gasteiger partial charge is 0.308 e. The Morgan fingerprint density at radius 2 is 1.81 bits per heavy atom. The van der Waals surface area contributed by atoms with Crippen LogP contribution in [0, 0.1) is 5.92 Å². The van der Waals surface area contributed by atoms with Crippen LogP contribution >= 0.6 is 0 Å². The van der Waals surface area contributed by atoms with Crippen molar-refractivity contribution >= 4 is 5.97 Å². The maximum absolute atomic E-state index is 11.2. The molecule has 0 bridgehead atoms. The van der Waals surface area contributed by atoms with E-state index < -0.39 is 0 Å². The molecule has 0 saturated heterocycles. The number of hydrogen-bond acceptors (Lipinski definition) is 3. The summed E-state index contributed by atoms with van der Waals surface area (Å²) in [6, 6.07) is 9.49. The standard InChI is InChI=1S/C13H18O3/c1-10(2)13(14)15-9-11(3)16-12-7-5-4-6-8-12/h4-8,10-11H,9H2,1-3H3/t11-/m0/s1. The van der Waals surface area contributed by atoms with Gasteiger partial charge >= 0.3 is 5.97 Å². The lowest BCUT2D eigenvalue weighted by molar-refractivity contribution is -0.149. The van der Waals surface area contributed by atoms with Gasteiger partial charge in [0.15, 0.2) is 0 Å². The molecule has 1 aromatic carbocycles. The van der Waals surface area contributed by atoms with E-state index >= 15 is 0 Å². The third kappa shape index (κ3) is 4.34. The Labute approximate surface area is 96.4 Å². The molecule has 0 heterocycles. The van der Waals surface area contributed by atoms with Crippen molar-refractivity contribution in [1.82, 2.24) is 0 Å². The zero-order valence-corrected chi connectivity index (χ0v) is 9.97. The van der Waals surface area contributed by atoms with Gasteiger partial charge in [-0.25, -0.2) is 0 Å². The quantitative estimate of drug-likeness (QED) is 0.718. The molecule has 16 heavy (non-hydrogen) atoms. The highest BCUT2D eigenvalue weighted by molar-refractivity contribution is 5.71. The van der Waals surface area contributed by atoms with Crippen molar-refractivity contribution < 1.29 is 14.3 Å². The van der Waals surface area contributed by atoms with E-state index in [9.17, 15) is 4.79 Å². The van der Waals surface area contributed by atoms with Gasteiger partial charge in [0.2, 0.25) is 0 Å². The van der Waals surface area contributed by atoms with Crippen molar-refractivity contribution in [3.05, 3.63) is 30.3 Å². The monoisotopic (exact) mass is 222 g/mol. The molecule has 0 fully saturated rings. The van der Waals surface area contributed by atoms with Crippen LogP contribution < -0.4 is 4.74 Å². The lowest BCUT2D eigenvalue weighted by Crippen LogP contribution is -2.23. The molecule has 0 unspecified atom stereocenters. The van der Waals surface area contributed by atoms with Crippen LogP contribution in [0.2, 0.25) is 0 Å². The molecule has 88 valence electrons. The van der Waals surface area contributed by atoms with Crippen molar-refractivity contribution in [3.63, 3.8) is 0 Å². The molecule has 0 amide bonds. The zero-order chi connectivity index (χ0) is 12.0. The van der Waals surface area contributed by atoms with Gasteiger partial charge in [-0.05, 0) is 19.1 Å². The molecule has 1 rings (SSSR count). The second-order valence-corrected chi connectivity index (χ2v) is 4.03. The van der Waals surface area contributed by atoms with Crippen LogP contribution in [0.15, 0.2) is 30.3 Å². The van der Waals surface area contributed by atoms with E-state index in [0.29, 0.717) is 0 Å². The van der Waals surface area contributed by atoms with Crippen LogP contribution in [0.25, 0.3) is 0 Å². The molecule has 0 aliphatic rings. The number of carbonyl (C=O) groups is 1. The fourth-order valence-corrected chi connectivity index (χ4v) is 1.13. The topological polar surface area (TPSA) is 35.5 Å². The summed E-state index contributed by atoms with van der Waals surface area (Å²) in [7, 11) is 0. The summed E-state index contributed by atoms with van der Waals surface area (Å²) in [5.41, 5.74) is 0. The number of benzene rings is 1. The van der Waals surface area contributed by atoms with E-state index in [-0.39, 0.29) is 24.6 Å². The van der Waals surface area contributed by atoms with Gasteiger partial charge in [-0.3, -0.25) is 4.79 Å². The Balaban J connectivity index is 2.31. The third-order valence-corrected chi connectivity index (χ3v) is 2.01. The summed E-state index contributed by atoms with van der Waals surface area (Å²) in [4.78, 5) is 11.2. The minimum atomic E-state index is -0.191. The minimum absolute atomic E-state index is 0.0936. The van der Waals surface area contributed by atoms with E-state index in [4.69, 9.17) is 9.47 Å². The minimum Gasteiger partial charge on any atom is -0.487 e. The van der Waals surface area contributed by atoms with Gasteiger partial charge < -0.3 is 9.47 Å². The van der Waals surface area contributed by atoms with Crippen LogP contribution in [-0.4, -0.2) is 18.7 Å². The average Bonchev–Trinajstić information content (AvgIpc) is 2.27. The molecule has 0 aliphatic carbocycles. The highest BCUT2D eigenvalue weighted by Gasteiger charge is 2.11. The lowest BCUT2D eigenvalue weighted by Gasteiger charge is -2.15. The Hall–Kier alpha value is -1.51. The van der Waals surface area contributed by atoms with E-state index in [1.165, 1.54) is 0 Å². The fourth-order valence-electron chi connectivity index (χ4n) is 1.13. The van der Waals surface area contributed by atoms with Crippen LogP contribution in [0.1, 0.15) is 20.8 Å². The van der Waals surface area contributed by atoms with Crippen molar-refractivity contribution in [1.29, 1.82) is 0 Å². The normalized spacial score (nSPS) is 12.2. The number of ether oxygens (including phenoxy) is 2. The van der Waals surface area contributed by atoms with E-state index in [0.717, 1.165) is 5.75 Å². The van der Waals surface area contributed by atoms with E-state index in [1.54, 1.807) is 0 Å². The molecule has 1 atom stereocenters. The molecule has 0 radical (unpaired) electrons. The molecule has 0 spiro atoms. The highest BCUT2D eigenvalue weighted by atomic mass is 16.6. The molecule has 3 nitrogen and oxygen atoms in total. The lowest BCUT2D eigenvalue weighted by atomic mass is 10.2. The number of carbonyl (C=O) groups excluding carboxylic acids is 1. The fraction of sp³-hybridized carbons (Fsp3) is 0.462. The Morgan fingerprint density at radius 3 is 2.38 bits per heavy atom. The third-order valence-electron chi connectivity index (χ3n) is 2.01. The molecule has 0 aliphatic heterocycles. The van der Waals surface area contributed by atoms with Gasteiger partial charge in [0.1, 0.15) is 18.5 Å². The van der Waals surface area contributed by atoms with E-state index in [1.807, 2.05) is 51.1 Å². The van der Waals surface area contributed by atoms with Crippen molar-refractivity contribution in [3.8, 4) is 5.75 Å². The van der Waals surface area contributed by atoms with Gasteiger partial charge in [-0.1, -0.05) is 32.0 Å². The summed E-state index contributed by atoms with van der Waals surface area (Å²) < 4.78 is 10.6. The number of para-hydroxylation sites is 1. The average molecular weight is 222 g/mol. The summed E-state index contributed by atoms with van der Waals surface area (Å²) in [6.45, 7) is 5.78. The number of rotatable bonds is 5. The van der Waals surface area contributed by atoms with Gasteiger partial charge in [0.05, 0.1) is 5.92 Å². The molecule has 0 N–H and O–H groups in total. The van der Waals surface area contributed by atoms with Crippen molar-refractivity contribution in [2.24, 2.45) is 5.92 Å². The molecular formula is C13H18O3. The van der Waals surface area contributed by atoms with Gasteiger partial charge in [-0.15, -0.1) is 0 Å². The predicted octanol–water partition coefficient (Wildman–Crippen LogP) is 2.65. The van der Waals surface area contributed by atoms with Crippen molar-refractivity contribution in [2.75, 3.05) is 6.61 Å². The molecule has 3 heteroatoms. The molecule has 0 saturated carbocycles. The largest absolute Gasteiger partial charge is 0.487 e. The van der Waals surface area contributed by atoms with E-state index in [2.05, 4.69) is 0 Å². The van der Waals surface area contributed by atoms with Crippen LogP contribution in [0.5, 0.6) is 5.75 Å². The Kier molecular flexibility index (Phi) is 4.83. The zero-order valence-electron chi connectivity index (χ0n) is 9.97. The first-order chi connectivity index (χ1) is 7.59. The SMILES string of the molecule is CC(C)C(=O)OC[C@H](C)Oc1ccccc1. The summed E-state index contributed by atoms with van der Waals surface area (Å²) in [5, 5.41) is 0. The van der Waals surface area contributed by atoms with Crippen LogP contribution in [0.4, 0.5) is 0 Å². The van der Waals surface area contributed by atoms with Crippen LogP contribution in [-0.2, 0) is 9.53 Å². The first kappa shape index (κ1) is 12.6. The maximum Gasteiger partial charge on any atom is 0.308 e. The first-order valence-electron chi connectivity index (χ1n) is 5.48. The first-order valence-corrected chi connectivity index (χ1v) is 5.48. The number of hydrogen-bond donors (Lipinski definition) is 0. The predicted molar refractivity (Wildman–Crippen MR) is 62.3 cm³/mol. The highest BCUT2D eigenvalue weighted by Crippen LogP contribution is 2.11. The Morgan fingerprint density at radius 1 is 1.19 bits per heavy atom. The molecule has 1 aromatic rings. The Bertz CT molecular complexity index is 319.